The number of thiazole rings is 1. The van der Waals surface area contributed by atoms with Crippen LogP contribution >= 0.6 is 11.3 Å². The molecule has 1 N–H and O–H groups in total. The number of benzene rings is 2. The Hall–Kier alpha value is -3.19. The number of carbonyl (C=O) groups is 1. The highest BCUT2D eigenvalue weighted by Crippen LogP contribution is 2.34. The minimum Gasteiger partial charge on any atom is -0.321 e. The Morgan fingerprint density at radius 2 is 1.92 bits per heavy atom. The van der Waals surface area contributed by atoms with Crippen LogP contribution in [-0.4, -0.2) is 15.9 Å². The minimum absolute atomic E-state index is 0.227. The van der Waals surface area contributed by atoms with Crippen molar-refractivity contribution in [3.05, 3.63) is 78.1 Å². The van der Waals surface area contributed by atoms with E-state index in [0.717, 1.165) is 22.3 Å². The predicted octanol–water partition coefficient (Wildman–Crippen LogP) is 4.89. The quantitative estimate of drug-likeness (QED) is 0.561. The monoisotopic (exact) mass is 367 g/mol. The number of anilines is 1. The van der Waals surface area contributed by atoms with Gasteiger partial charge in [-0.25, -0.2) is 13.8 Å². The lowest BCUT2D eigenvalue weighted by Gasteiger charge is -2.10. The van der Waals surface area contributed by atoms with Gasteiger partial charge in [-0.2, -0.15) is 0 Å². The molecule has 2 heterocycles. The summed E-state index contributed by atoms with van der Waals surface area (Å²) < 4.78 is 27.8. The first kappa shape index (κ1) is 16.3. The molecule has 0 radical (unpaired) electrons. The van der Waals surface area contributed by atoms with Crippen LogP contribution in [0.25, 0.3) is 20.8 Å². The van der Waals surface area contributed by atoms with E-state index in [2.05, 4.69) is 15.3 Å². The Balaban J connectivity index is 1.70. The molecule has 0 saturated heterocycles. The highest BCUT2D eigenvalue weighted by molar-refractivity contribution is 7.21. The zero-order chi connectivity index (χ0) is 18.1. The molecule has 0 atom stereocenters. The van der Waals surface area contributed by atoms with Gasteiger partial charge in [0.15, 0.2) is 0 Å². The average Bonchev–Trinajstić information content (AvgIpc) is 3.06. The zero-order valence-electron chi connectivity index (χ0n) is 13.2. The topological polar surface area (TPSA) is 54.9 Å². The maximum Gasteiger partial charge on any atom is 0.258 e. The Morgan fingerprint density at radius 3 is 2.73 bits per heavy atom. The number of halogens is 2. The summed E-state index contributed by atoms with van der Waals surface area (Å²) in [4.78, 5) is 21.0. The summed E-state index contributed by atoms with van der Waals surface area (Å²) in [6.07, 6.45) is 3.39. The molecular formula is C19H11F2N3OS. The first-order valence-corrected chi connectivity index (χ1v) is 8.50. The fraction of sp³-hybridized carbons (Fsp3) is 0. The molecule has 4 rings (SSSR count). The van der Waals surface area contributed by atoms with Crippen molar-refractivity contribution >= 4 is 33.1 Å². The van der Waals surface area contributed by atoms with Gasteiger partial charge in [-0.3, -0.25) is 9.78 Å². The van der Waals surface area contributed by atoms with Crippen molar-refractivity contribution in [2.24, 2.45) is 0 Å². The summed E-state index contributed by atoms with van der Waals surface area (Å²) in [7, 11) is 0. The van der Waals surface area contributed by atoms with Crippen molar-refractivity contribution in [2.75, 3.05) is 5.32 Å². The van der Waals surface area contributed by atoms with Crippen molar-refractivity contribution in [2.45, 2.75) is 0 Å². The molecule has 0 fully saturated rings. The van der Waals surface area contributed by atoms with Gasteiger partial charge in [-0.1, -0.05) is 12.1 Å². The average molecular weight is 367 g/mol. The molecule has 2 aromatic carbocycles. The molecule has 26 heavy (non-hydrogen) atoms. The number of para-hydroxylation sites is 1. The van der Waals surface area contributed by atoms with Gasteiger partial charge < -0.3 is 5.32 Å². The molecule has 2 aromatic heterocycles. The molecule has 128 valence electrons. The third-order valence-electron chi connectivity index (χ3n) is 3.77. The van der Waals surface area contributed by atoms with E-state index in [-0.39, 0.29) is 5.56 Å². The van der Waals surface area contributed by atoms with Gasteiger partial charge in [0.25, 0.3) is 5.91 Å². The van der Waals surface area contributed by atoms with Crippen LogP contribution in [0.4, 0.5) is 14.5 Å². The van der Waals surface area contributed by atoms with Crippen LogP contribution in [0.2, 0.25) is 0 Å². The summed E-state index contributed by atoms with van der Waals surface area (Å²) in [5.41, 5.74) is 1.79. The van der Waals surface area contributed by atoms with Crippen molar-refractivity contribution in [1.29, 1.82) is 0 Å². The van der Waals surface area contributed by atoms with E-state index >= 15 is 0 Å². The number of nitrogens with zero attached hydrogens (tertiary/aromatic N) is 2. The fourth-order valence-corrected chi connectivity index (χ4v) is 3.51. The number of hydrogen-bond donors (Lipinski definition) is 1. The molecule has 0 unspecified atom stereocenters. The molecule has 4 nitrogen and oxygen atoms in total. The summed E-state index contributed by atoms with van der Waals surface area (Å²) in [6.45, 7) is 0. The molecule has 4 aromatic rings. The van der Waals surface area contributed by atoms with E-state index in [1.807, 2.05) is 18.2 Å². The summed E-state index contributed by atoms with van der Waals surface area (Å²) in [5.74, 6) is -2.30. The third-order valence-corrected chi connectivity index (χ3v) is 4.81. The molecule has 0 aliphatic carbocycles. The number of pyridine rings is 1. The second-order valence-electron chi connectivity index (χ2n) is 5.49. The zero-order valence-corrected chi connectivity index (χ0v) is 14.1. The summed E-state index contributed by atoms with van der Waals surface area (Å²) in [6, 6.07) is 11.8. The van der Waals surface area contributed by atoms with Crippen LogP contribution < -0.4 is 5.32 Å². The lowest BCUT2D eigenvalue weighted by molar-refractivity contribution is 0.102. The van der Waals surface area contributed by atoms with Crippen LogP contribution in [0.3, 0.4) is 0 Å². The molecule has 0 bridgehead atoms. The standard InChI is InChI=1S/C19H11F2N3OS/c20-11-5-6-12(14(21)9-11)18(25)23-15-4-2-1-3-13(15)19-24-16-7-8-22-10-17(16)26-19/h1-10H,(H,23,25). The molecular weight excluding hydrogens is 356 g/mol. The smallest absolute Gasteiger partial charge is 0.258 e. The Morgan fingerprint density at radius 1 is 1.08 bits per heavy atom. The Bertz CT molecular complexity index is 1090. The number of carbonyl (C=O) groups excluding carboxylic acids is 1. The third kappa shape index (κ3) is 3.04. The molecule has 0 spiro atoms. The van der Waals surface area contributed by atoms with Gasteiger partial charge in [-0.05, 0) is 30.3 Å². The SMILES string of the molecule is O=C(Nc1ccccc1-c1nc2ccncc2s1)c1ccc(F)cc1F. The van der Waals surface area contributed by atoms with Crippen LogP contribution in [0.5, 0.6) is 0 Å². The van der Waals surface area contributed by atoms with Crippen molar-refractivity contribution in [3.63, 3.8) is 0 Å². The maximum absolute atomic E-state index is 13.8. The van der Waals surface area contributed by atoms with Crippen molar-refractivity contribution in [1.82, 2.24) is 9.97 Å². The molecule has 7 heteroatoms. The Kier molecular flexibility index (Phi) is 4.14. The van der Waals surface area contributed by atoms with Crippen LogP contribution in [-0.2, 0) is 0 Å². The first-order chi connectivity index (χ1) is 12.6. The molecule has 0 saturated carbocycles. The van der Waals surface area contributed by atoms with Crippen molar-refractivity contribution < 1.29 is 13.6 Å². The highest BCUT2D eigenvalue weighted by atomic mass is 32.1. The van der Waals surface area contributed by atoms with Crippen molar-refractivity contribution in [3.8, 4) is 10.6 Å². The second-order valence-corrected chi connectivity index (χ2v) is 6.52. The van der Waals surface area contributed by atoms with Gasteiger partial charge in [0.05, 0.1) is 21.5 Å². The van der Waals surface area contributed by atoms with E-state index in [0.29, 0.717) is 22.3 Å². The fourth-order valence-electron chi connectivity index (χ4n) is 2.54. The lowest BCUT2D eigenvalue weighted by Crippen LogP contribution is -2.14. The number of rotatable bonds is 3. The van der Waals surface area contributed by atoms with E-state index in [4.69, 9.17) is 0 Å². The van der Waals surface area contributed by atoms with Gasteiger partial charge in [0.1, 0.15) is 16.6 Å². The van der Waals surface area contributed by atoms with Gasteiger partial charge in [0, 0.05) is 24.0 Å². The van der Waals surface area contributed by atoms with E-state index in [1.165, 1.54) is 11.3 Å². The minimum atomic E-state index is -0.911. The molecule has 1 amide bonds. The molecule has 0 aliphatic heterocycles. The summed E-state index contributed by atoms with van der Waals surface area (Å²) in [5, 5.41) is 3.39. The predicted molar refractivity (Wildman–Crippen MR) is 97.2 cm³/mol. The number of amides is 1. The van der Waals surface area contributed by atoms with Crippen LogP contribution in [0, 0.1) is 11.6 Å². The Labute approximate surface area is 151 Å². The van der Waals surface area contributed by atoms with E-state index < -0.39 is 17.5 Å². The number of nitrogens with one attached hydrogen (secondary N) is 1. The number of hydrogen-bond acceptors (Lipinski definition) is 4. The molecule has 0 aliphatic rings. The maximum atomic E-state index is 13.8. The van der Waals surface area contributed by atoms with Gasteiger partial charge >= 0.3 is 0 Å². The number of fused-ring (bicyclic) bond motifs is 1. The normalized spacial score (nSPS) is 10.8. The van der Waals surface area contributed by atoms with Gasteiger partial charge in [0.2, 0.25) is 0 Å². The highest BCUT2D eigenvalue weighted by Gasteiger charge is 2.16. The first-order valence-electron chi connectivity index (χ1n) is 7.68. The van der Waals surface area contributed by atoms with E-state index in [9.17, 15) is 13.6 Å². The summed E-state index contributed by atoms with van der Waals surface area (Å²) >= 11 is 1.44. The van der Waals surface area contributed by atoms with Crippen LogP contribution in [0.15, 0.2) is 60.9 Å². The van der Waals surface area contributed by atoms with E-state index in [1.54, 1.807) is 24.5 Å². The van der Waals surface area contributed by atoms with Gasteiger partial charge in [-0.15, -0.1) is 11.3 Å². The number of aromatic nitrogens is 2. The lowest BCUT2D eigenvalue weighted by atomic mass is 10.1. The largest absolute Gasteiger partial charge is 0.321 e. The van der Waals surface area contributed by atoms with Crippen LogP contribution in [0.1, 0.15) is 10.4 Å². The second kappa shape index (κ2) is 6.61.